The van der Waals surface area contributed by atoms with E-state index in [1.807, 2.05) is 6.92 Å². The van der Waals surface area contributed by atoms with E-state index in [4.69, 9.17) is 23.2 Å². The topological polar surface area (TPSA) is 38.1 Å². The molecule has 1 heterocycles. The summed E-state index contributed by atoms with van der Waals surface area (Å²) < 4.78 is 0. The summed E-state index contributed by atoms with van der Waals surface area (Å²) in [6, 6.07) is 5.33. The Labute approximate surface area is 113 Å². The lowest BCUT2D eigenvalue weighted by atomic mass is 10.2. The van der Waals surface area contributed by atoms with Gasteiger partial charge in [0.15, 0.2) is 0 Å². The summed E-state index contributed by atoms with van der Waals surface area (Å²) in [5.41, 5.74) is 0.698. The average Bonchev–Trinajstić information content (AvgIpc) is 2.76. The van der Waals surface area contributed by atoms with Crippen molar-refractivity contribution in [2.45, 2.75) is 13.3 Å². The van der Waals surface area contributed by atoms with Crippen molar-refractivity contribution in [1.29, 1.82) is 0 Å². The molecule has 0 aliphatic rings. The van der Waals surface area contributed by atoms with Crippen LogP contribution < -0.4 is 0 Å². The third-order valence-electron chi connectivity index (χ3n) is 2.06. The standard InChI is InChI=1S/C11H9Cl2N3S/c1-2-10-15-16-11(17-10)14-6-7-8(12)4-3-5-9(7)13/h3-6H,2H2,1H3/b14-6+. The van der Waals surface area contributed by atoms with Gasteiger partial charge in [-0.15, -0.1) is 10.2 Å². The van der Waals surface area contributed by atoms with Gasteiger partial charge in [0, 0.05) is 11.8 Å². The quantitative estimate of drug-likeness (QED) is 0.795. The second-order valence-corrected chi connectivity index (χ2v) is 5.08. The Hall–Kier alpha value is -0.970. The van der Waals surface area contributed by atoms with E-state index < -0.39 is 0 Å². The molecule has 0 saturated heterocycles. The van der Waals surface area contributed by atoms with Gasteiger partial charge in [-0.25, -0.2) is 4.99 Å². The summed E-state index contributed by atoms with van der Waals surface area (Å²) >= 11 is 13.5. The maximum atomic E-state index is 6.02. The van der Waals surface area contributed by atoms with Gasteiger partial charge in [0.05, 0.1) is 10.0 Å². The lowest BCUT2D eigenvalue weighted by molar-refractivity contribution is 0.982. The van der Waals surface area contributed by atoms with Crippen LogP contribution in [0.25, 0.3) is 0 Å². The Morgan fingerprint density at radius 1 is 1.29 bits per heavy atom. The van der Waals surface area contributed by atoms with Crippen molar-refractivity contribution in [3.8, 4) is 0 Å². The van der Waals surface area contributed by atoms with Crippen LogP contribution in [0.2, 0.25) is 10.0 Å². The van der Waals surface area contributed by atoms with Crippen molar-refractivity contribution in [2.75, 3.05) is 0 Å². The number of hydrogen-bond acceptors (Lipinski definition) is 4. The summed E-state index contributed by atoms with van der Waals surface area (Å²) in [6.07, 6.45) is 2.48. The summed E-state index contributed by atoms with van der Waals surface area (Å²) in [4.78, 5) is 4.22. The molecular weight excluding hydrogens is 277 g/mol. The molecule has 1 aromatic heterocycles. The minimum atomic E-state index is 0.571. The first-order valence-corrected chi connectivity index (χ1v) is 6.58. The van der Waals surface area contributed by atoms with Gasteiger partial charge in [-0.3, -0.25) is 0 Å². The molecule has 0 atom stereocenters. The number of aryl methyl sites for hydroxylation is 1. The van der Waals surface area contributed by atoms with Gasteiger partial charge < -0.3 is 0 Å². The van der Waals surface area contributed by atoms with Crippen LogP contribution in [-0.4, -0.2) is 16.4 Å². The number of aromatic nitrogens is 2. The van der Waals surface area contributed by atoms with Crippen molar-refractivity contribution in [3.63, 3.8) is 0 Å². The molecule has 0 aliphatic heterocycles. The van der Waals surface area contributed by atoms with Crippen molar-refractivity contribution in [3.05, 3.63) is 38.8 Å². The molecule has 17 heavy (non-hydrogen) atoms. The Bertz CT molecular complexity index is 531. The number of nitrogens with zero attached hydrogens (tertiary/aromatic N) is 3. The molecule has 0 fully saturated rings. The van der Waals surface area contributed by atoms with E-state index in [1.165, 1.54) is 11.3 Å². The van der Waals surface area contributed by atoms with E-state index in [0.717, 1.165) is 11.4 Å². The van der Waals surface area contributed by atoms with Crippen LogP contribution in [0, 0.1) is 0 Å². The van der Waals surface area contributed by atoms with Crippen LogP contribution in [0.3, 0.4) is 0 Å². The van der Waals surface area contributed by atoms with Gasteiger partial charge >= 0.3 is 0 Å². The molecule has 3 nitrogen and oxygen atoms in total. The third kappa shape index (κ3) is 3.03. The fourth-order valence-electron chi connectivity index (χ4n) is 1.19. The zero-order valence-corrected chi connectivity index (χ0v) is 11.4. The van der Waals surface area contributed by atoms with Crippen LogP contribution in [0.15, 0.2) is 23.2 Å². The summed E-state index contributed by atoms with van der Waals surface area (Å²) in [6.45, 7) is 2.03. The van der Waals surface area contributed by atoms with E-state index in [-0.39, 0.29) is 0 Å². The van der Waals surface area contributed by atoms with Crippen molar-refractivity contribution in [2.24, 2.45) is 4.99 Å². The van der Waals surface area contributed by atoms with Crippen molar-refractivity contribution in [1.82, 2.24) is 10.2 Å². The summed E-state index contributed by atoms with van der Waals surface area (Å²) in [5, 5.41) is 10.6. The zero-order valence-electron chi connectivity index (χ0n) is 9.02. The predicted octanol–water partition coefficient (Wildman–Crippen LogP) is 4.16. The van der Waals surface area contributed by atoms with Crippen LogP contribution in [0.4, 0.5) is 5.13 Å². The first kappa shape index (κ1) is 12.5. The second-order valence-electron chi connectivity index (χ2n) is 3.23. The largest absolute Gasteiger partial charge is 0.231 e. The molecule has 2 aromatic rings. The van der Waals surface area contributed by atoms with Gasteiger partial charge in [-0.2, -0.15) is 0 Å². The molecule has 0 spiro atoms. The highest BCUT2D eigenvalue weighted by molar-refractivity contribution is 7.14. The highest BCUT2D eigenvalue weighted by Crippen LogP contribution is 2.24. The maximum absolute atomic E-state index is 6.02. The first-order chi connectivity index (χ1) is 8.20. The summed E-state index contributed by atoms with van der Waals surface area (Å²) in [7, 11) is 0. The molecule has 6 heteroatoms. The number of hydrogen-bond donors (Lipinski definition) is 0. The molecular formula is C11H9Cl2N3S. The van der Waals surface area contributed by atoms with Gasteiger partial charge in [-0.1, -0.05) is 47.5 Å². The number of benzene rings is 1. The van der Waals surface area contributed by atoms with Crippen molar-refractivity contribution >= 4 is 45.9 Å². The number of halogens is 2. The Balaban J connectivity index is 2.25. The van der Waals surface area contributed by atoms with Crippen LogP contribution in [-0.2, 0) is 6.42 Å². The van der Waals surface area contributed by atoms with E-state index in [0.29, 0.717) is 20.7 Å². The highest BCUT2D eigenvalue weighted by atomic mass is 35.5. The Morgan fingerprint density at radius 3 is 2.59 bits per heavy atom. The van der Waals surface area contributed by atoms with Gasteiger partial charge in [0.25, 0.3) is 0 Å². The van der Waals surface area contributed by atoms with Gasteiger partial charge in [-0.05, 0) is 18.6 Å². The van der Waals surface area contributed by atoms with Crippen LogP contribution in [0.1, 0.15) is 17.5 Å². The number of aliphatic imine (C=N–C) groups is 1. The zero-order chi connectivity index (χ0) is 12.3. The minimum Gasteiger partial charge on any atom is -0.226 e. The molecule has 0 saturated carbocycles. The van der Waals surface area contributed by atoms with Crippen LogP contribution in [0.5, 0.6) is 0 Å². The normalized spacial score (nSPS) is 11.2. The van der Waals surface area contributed by atoms with E-state index in [1.54, 1.807) is 24.4 Å². The number of rotatable bonds is 3. The Kier molecular flexibility index (Phi) is 4.10. The SMILES string of the molecule is CCc1nnc(/N=C/c2c(Cl)cccc2Cl)s1. The lowest BCUT2D eigenvalue weighted by Gasteiger charge is -1.98. The molecule has 1 aromatic carbocycles. The first-order valence-electron chi connectivity index (χ1n) is 5.01. The van der Waals surface area contributed by atoms with E-state index in [2.05, 4.69) is 15.2 Å². The average molecular weight is 286 g/mol. The summed E-state index contributed by atoms with van der Waals surface area (Å²) in [5.74, 6) is 0. The minimum absolute atomic E-state index is 0.571. The smallest absolute Gasteiger partial charge is 0.226 e. The molecule has 0 amide bonds. The van der Waals surface area contributed by atoms with Gasteiger partial charge in [0.1, 0.15) is 5.01 Å². The molecule has 0 aliphatic carbocycles. The molecule has 0 N–H and O–H groups in total. The second kappa shape index (κ2) is 5.58. The Morgan fingerprint density at radius 2 is 2.00 bits per heavy atom. The van der Waals surface area contributed by atoms with Crippen molar-refractivity contribution < 1.29 is 0 Å². The maximum Gasteiger partial charge on any atom is 0.231 e. The molecule has 2 rings (SSSR count). The molecule has 0 bridgehead atoms. The molecule has 88 valence electrons. The van der Waals surface area contributed by atoms with Crippen LogP contribution >= 0.6 is 34.5 Å². The molecule has 0 unspecified atom stereocenters. The monoisotopic (exact) mass is 285 g/mol. The fraction of sp³-hybridized carbons (Fsp3) is 0.182. The lowest BCUT2D eigenvalue weighted by Crippen LogP contribution is -1.84. The fourth-order valence-corrected chi connectivity index (χ4v) is 2.31. The van der Waals surface area contributed by atoms with E-state index >= 15 is 0 Å². The molecule has 0 radical (unpaired) electrons. The van der Waals surface area contributed by atoms with E-state index in [9.17, 15) is 0 Å². The third-order valence-corrected chi connectivity index (χ3v) is 3.70. The predicted molar refractivity (Wildman–Crippen MR) is 73.0 cm³/mol. The van der Waals surface area contributed by atoms with Gasteiger partial charge in [0.2, 0.25) is 5.13 Å². The highest BCUT2D eigenvalue weighted by Gasteiger charge is 2.03.